The Balaban J connectivity index is 0.00000141. The second-order valence-electron chi connectivity index (χ2n) is 9.89. The number of piperazine rings is 1. The highest BCUT2D eigenvalue weighted by molar-refractivity contribution is 7.45. The molecule has 1 saturated heterocycles. The highest BCUT2D eigenvalue weighted by Crippen LogP contribution is 2.56. The number of rotatable bonds is 5. The van der Waals surface area contributed by atoms with E-state index < -0.39 is 8.38 Å². The van der Waals surface area contributed by atoms with E-state index in [9.17, 15) is 14.6 Å². The summed E-state index contributed by atoms with van der Waals surface area (Å²) >= 11 is 0. The first kappa shape index (κ1) is 25.5. The van der Waals surface area contributed by atoms with Crippen molar-refractivity contribution in [1.82, 2.24) is 14.9 Å². The van der Waals surface area contributed by atoms with Gasteiger partial charge in [-0.05, 0) is 50.9 Å². The topological polar surface area (TPSA) is 89.8 Å². The van der Waals surface area contributed by atoms with E-state index in [0.717, 1.165) is 63.1 Å². The van der Waals surface area contributed by atoms with E-state index in [1.54, 1.807) is 6.92 Å². The van der Waals surface area contributed by atoms with Crippen molar-refractivity contribution in [1.29, 1.82) is 0 Å². The molecular weight excluding hydrogens is 423 g/mol. The summed E-state index contributed by atoms with van der Waals surface area (Å²) in [5.74, 6) is 1.49. The molecule has 2 N–H and O–H groups in total. The lowest BCUT2D eigenvalue weighted by Gasteiger charge is -2.57. The maximum absolute atomic E-state index is 11.7. The molecule has 1 unspecified atom stereocenters. The lowest BCUT2D eigenvalue weighted by Crippen LogP contribution is -2.61. The maximum atomic E-state index is 11.7. The van der Waals surface area contributed by atoms with Gasteiger partial charge in [-0.1, -0.05) is 27.7 Å². The predicted molar refractivity (Wildman–Crippen MR) is 130 cm³/mol. The van der Waals surface area contributed by atoms with Crippen molar-refractivity contribution in [3.63, 3.8) is 0 Å². The second kappa shape index (κ2) is 10.9. The molecular formula is C24H41N4O3P. The first-order valence-electron chi connectivity index (χ1n) is 12.3. The standard InChI is InChI=1S/C22H35N4O3P.C2H6/c1-15(2)21-23-12-19(13-24-21)25-8-9-26(20(14-25)30(28)29)18-10-22(11-18)6-4-17(5-7-22)16(3)27;1-2/h12-13,15,17-18,20,28-29H,4-11,14H2,1-3H3;1-2H3. The van der Waals surface area contributed by atoms with E-state index >= 15 is 0 Å². The Bertz CT molecular complexity index is 742. The first-order valence-corrected chi connectivity index (χ1v) is 13.6. The number of carbonyl (C=O) groups is 1. The van der Waals surface area contributed by atoms with Gasteiger partial charge in [-0.3, -0.25) is 9.69 Å². The van der Waals surface area contributed by atoms with E-state index in [2.05, 4.69) is 33.6 Å². The Hall–Kier alpha value is -1.14. The molecule has 7 nitrogen and oxygen atoms in total. The van der Waals surface area contributed by atoms with Crippen LogP contribution in [0, 0.1) is 11.3 Å². The molecule has 0 aromatic carbocycles. The fourth-order valence-corrected chi connectivity index (χ4v) is 6.57. The van der Waals surface area contributed by atoms with Gasteiger partial charge in [0.2, 0.25) is 0 Å². The molecule has 4 rings (SSSR count). The van der Waals surface area contributed by atoms with Crippen LogP contribution in [0.1, 0.15) is 84.9 Å². The summed E-state index contributed by atoms with van der Waals surface area (Å²) in [4.78, 5) is 45.5. The van der Waals surface area contributed by atoms with Crippen LogP contribution in [0.2, 0.25) is 0 Å². The van der Waals surface area contributed by atoms with Crippen LogP contribution in [0.3, 0.4) is 0 Å². The molecule has 2 heterocycles. The van der Waals surface area contributed by atoms with Gasteiger partial charge in [0.25, 0.3) is 0 Å². The quantitative estimate of drug-likeness (QED) is 0.628. The van der Waals surface area contributed by atoms with E-state index in [1.807, 2.05) is 26.2 Å². The molecule has 0 radical (unpaired) electrons. The highest BCUT2D eigenvalue weighted by atomic mass is 31.2. The van der Waals surface area contributed by atoms with E-state index in [-0.39, 0.29) is 11.7 Å². The summed E-state index contributed by atoms with van der Waals surface area (Å²) in [6, 6.07) is 0.426. The van der Waals surface area contributed by atoms with Crippen LogP contribution in [0.25, 0.3) is 0 Å². The Morgan fingerprint density at radius 2 is 1.72 bits per heavy atom. The zero-order chi connectivity index (χ0) is 23.5. The molecule has 1 aromatic heterocycles. The molecule has 32 heavy (non-hydrogen) atoms. The van der Waals surface area contributed by atoms with E-state index in [0.29, 0.717) is 29.7 Å². The molecule has 180 valence electrons. The van der Waals surface area contributed by atoms with Crippen molar-refractivity contribution >= 4 is 19.8 Å². The predicted octanol–water partition coefficient (Wildman–Crippen LogP) is 4.30. The van der Waals surface area contributed by atoms with Gasteiger partial charge in [0, 0.05) is 37.5 Å². The summed E-state index contributed by atoms with van der Waals surface area (Å²) in [6.07, 6.45) is 10.3. The first-order chi connectivity index (χ1) is 15.3. The summed E-state index contributed by atoms with van der Waals surface area (Å²) in [7, 11) is -2.04. The maximum Gasteiger partial charge on any atom is 0.185 e. The van der Waals surface area contributed by atoms with E-state index in [4.69, 9.17) is 0 Å². The normalized spacial score (nSPS) is 30.8. The van der Waals surface area contributed by atoms with Crippen LogP contribution in [0.5, 0.6) is 0 Å². The summed E-state index contributed by atoms with van der Waals surface area (Å²) in [5.41, 5.74) is 1.33. The van der Waals surface area contributed by atoms with Gasteiger partial charge in [0.1, 0.15) is 11.6 Å². The monoisotopic (exact) mass is 464 g/mol. The number of carbonyl (C=O) groups excluding carboxylic acids is 1. The third kappa shape index (κ3) is 5.49. The van der Waals surface area contributed by atoms with Crippen molar-refractivity contribution in [2.24, 2.45) is 11.3 Å². The van der Waals surface area contributed by atoms with E-state index in [1.165, 1.54) is 0 Å². The highest BCUT2D eigenvalue weighted by Gasteiger charge is 2.51. The van der Waals surface area contributed by atoms with Crippen LogP contribution < -0.4 is 4.90 Å². The lowest BCUT2D eigenvalue weighted by molar-refractivity contribution is -0.124. The van der Waals surface area contributed by atoms with Crippen LogP contribution in [-0.2, 0) is 4.79 Å². The molecule has 0 amide bonds. The van der Waals surface area contributed by atoms with Crippen LogP contribution in [0.15, 0.2) is 12.4 Å². The molecule has 8 heteroatoms. The molecule has 1 aliphatic heterocycles. The second-order valence-corrected chi connectivity index (χ2v) is 11.1. The SMILES string of the molecule is CC.CC(=O)C1CCC2(CC1)CC(N1CCN(c3cnc(C(C)C)nc3)CC1P(O)O)C2. The number of ketones is 1. The summed E-state index contributed by atoms with van der Waals surface area (Å²) in [5, 5.41) is 0. The zero-order valence-corrected chi connectivity index (χ0v) is 21.3. The van der Waals surface area contributed by atoms with Gasteiger partial charge in [-0.2, -0.15) is 0 Å². The largest absolute Gasteiger partial charge is 0.366 e. The molecule has 3 aliphatic rings. The van der Waals surface area contributed by atoms with Gasteiger partial charge in [-0.25, -0.2) is 9.97 Å². The minimum absolute atomic E-state index is 0.241. The number of Topliss-reactive ketones (excluding diaryl/α,β-unsaturated/α-hetero) is 1. The molecule has 2 saturated carbocycles. The average molecular weight is 465 g/mol. The van der Waals surface area contributed by atoms with Gasteiger partial charge in [-0.15, -0.1) is 0 Å². The lowest BCUT2D eigenvalue weighted by atomic mass is 9.56. The Labute approximate surface area is 194 Å². The number of hydrogen-bond donors (Lipinski definition) is 2. The van der Waals surface area contributed by atoms with Crippen molar-refractivity contribution < 1.29 is 14.6 Å². The average Bonchev–Trinajstić information content (AvgIpc) is 2.78. The van der Waals surface area contributed by atoms with Gasteiger partial charge < -0.3 is 14.7 Å². The molecule has 3 fully saturated rings. The van der Waals surface area contributed by atoms with Crippen LogP contribution in [-0.4, -0.2) is 61.9 Å². The molecule has 1 atom stereocenters. The number of anilines is 1. The van der Waals surface area contributed by atoms with Crippen molar-refractivity contribution in [3.05, 3.63) is 18.2 Å². The zero-order valence-electron chi connectivity index (χ0n) is 20.4. The number of nitrogens with zero attached hydrogens (tertiary/aromatic N) is 4. The molecule has 0 bridgehead atoms. The van der Waals surface area contributed by atoms with Crippen LogP contribution in [0.4, 0.5) is 5.69 Å². The smallest absolute Gasteiger partial charge is 0.185 e. The van der Waals surface area contributed by atoms with Gasteiger partial charge in [0.05, 0.1) is 23.9 Å². The summed E-state index contributed by atoms with van der Waals surface area (Å²) in [6.45, 7) is 12.1. The molecule has 1 aromatic rings. The third-order valence-electron chi connectivity index (χ3n) is 7.63. The molecule has 1 spiro atoms. The van der Waals surface area contributed by atoms with Crippen molar-refractivity contribution in [3.8, 4) is 0 Å². The summed E-state index contributed by atoms with van der Waals surface area (Å²) < 4.78 is 0. The minimum atomic E-state index is -2.04. The Morgan fingerprint density at radius 3 is 2.22 bits per heavy atom. The van der Waals surface area contributed by atoms with Crippen molar-refractivity contribution in [2.75, 3.05) is 24.5 Å². The fourth-order valence-electron chi connectivity index (χ4n) is 5.66. The number of aromatic nitrogens is 2. The van der Waals surface area contributed by atoms with Gasteiger partial charge in [0.15, 0.2) is 8.38 Å². The Morgan fingerprint density at radius 1 is 1.12 bits per heavy atom. The Kier molecular flexibility index (Phi) is 8.65. The minimum Gasteiger partial charge on any atom is -0.366 e. The third-order valence-corrected chi connectivity index (χ3v) is 8.62. The molecule has 2 aliphatic carbocycles. The number of hydrogen-bond acceptors (Lipinski definition) is 7. The fraction of sp³-hybridized carbons (Fsp3) is 0.792. The van der Waals surface area contributed by atoms with Crippen molar-refractivity contribution in [2.45, 2.75) is 90.9 Å². The van der Waals surface area contributed by atoms with Crippen LogP contribution >= 0.6 is 8.38 Å². The van der Waals surface area contributed by atoms with Gasteiger partial charge >= 0.3 is 0 Å².